The predicted octanol–water partition coefficient (Wildman–Crippen LogP) is 1.53. The van der Waals surface area contributed by atoms with Crippen molar-refractivity contribution in [3.63, 3.8) is 0 Å². The van der Waals surface area contributed by atoms with Crippen molar-refractivity contribution < 1.29 is 9.64 Å². The molecular formula is C23H31N6O2+. The molecule has 2 fully saturated rings. The summed E-state index contributed by atoms with van der Waals surface area (Å²) in [6, 6.07) is 8.78. The molecule has 1 saturated heterocycles. The number of benzene rings is 1. The van der Waals surface area contributed by atoms with Gasteiger partial charge in [0.05, 0.1) is 24.3 Å². The topological polar surface area (TPSA) is 90.1 Å². The Balaban J connectivity index is 1.39. The molecule has 8 heteroatoms. The molecule has 5 rings (SSSR count). The molecule has 0 amide bonds. The van der Waals surface area contributed by atoms with Crippen LogP contribution in [0.1, 0.15) is 55.5 Å². The summed E-state index contributed by atoms with van der Waals surface area (Å²) in [4.78, 5) is 17.3. The van der Waals surface area contributed by atoms with E-state index in [9.17, 15) is 4.79 Å². The Bertz CT molecular complexity index is 1090. The molecular weight excluding hydrogens is 392 g/mol. The summed E-state index contributed by atoms with van der Waals surface area (Å²) in [6.45, 7) is 4.97. The van der Waals surface area contributed by atoms with Gasteiger partial charge < -0.3 is 14.6 Å². The molecule has 0 radical (unpaired) electrons. The van der Waals surface area contributed by atoms with E-state index in [1.807, 2.05) is 17.7 Å². The number of aryl methyl sites for hydroxylation is 1. The summed E-state index contributed by atoms with van der Waals surface area (Å²) < 4.78 is 7.68. The molecule has 1 saturated carbocycles. The fourth-order valence-corrected chi connectivity index (χ4v) is 5.10. The van der Waals surface area contributed by atoms with Gasteiger partial charge in [-0.05, 0) is 79.0 Å². The van der Waals surface area contributed by atoms with Gasteiger partial charge in [-0.3, -0.25) is 4.79 Å². The number of nitrogens with one attached hydrogen (secondary N) is 2. The van der Waals surface area contributed by atoms with Gasteiger partial charge in [-0.25, -0.2) is 4.68 Å². The quantitative estimate of drug-likeness (QED) is 0.602. The Morgan fingerprint density at radius 1 is 1.16 bits per heavy atom. The Morgan fingerprint density at radius 2 is 2.03 bits per heavy atom. The molecule has 3 heterocycles. The second-order valence-electron chi connectivity index (χ2n) is 9.12. The molecule has 1 aromatic carbocycles. The average molecular weight is 424 g/mol. The maximum atomic E-state index is 12.9. The van der Waals surface area contributed by atoms with Crippen LogP contribution in [0.25, 0.3) is 10.9 Å². The number of ether oxygens (including phenoxy) is 1. The smallest absolute Gasteiger partial charge is 0.257 e. The van der Waals surface area contributed by atoms with Gasteiger partial charge >= 0.3 is 0 Å². The fraction of sp³-hybridized carbons (Fsp3) is 0.565. The minimum atomic E-state index is 0.00699. The SMILES string of the molecule is Cc1ccc2cc(C[NH+](Cc3nnnn3C[C@H]3CCCO3)C3CCCC3)c(=O)[nH]c2c1. The van der Waals surface area contributed by atoms with Crippen LogP contribution in [0, 0.1) is 6.92 Å². The van der Waals surface area contributed by atoms with Crippen molar-refractivity contribution in [3.8, 4) is 0 Å². The first-order valence-corrected chi connectivity index (χ1v) is 11.5. The highest BCUT2D eigenvalue weighted by Crippen LogP contribution is 2.17. The Morgan fingerprint density at radius 3 is 2.84 bits per heavy atom. The molecule has 1 aliphatic heterocycles. The lowest BCUT2D eigenvalue weighted by atomic mass is 10.1. The van der Waals surface area contributed by atoms with Gasteiger partial charge in [0, 0.05) is 12.1 Å². The standard InChI is InChI=1S/C23H30N6O2/c1-16-8-9-17-12-18(23(30)24-21(17)11-16)13-28(19-5-2-3-6-19)15-22-25-26-27-29(22)14-20-7-4-10-31-20/h8-9,11-12,19-20H,2-7,10,13-15H2,1H3,(H,24,30)/p+1/t20-/m1/s1. The summed E-state index contributed by atoms with van der Waals surface area (Å²) in [5, 5.41) is 13.6. The van der Waals surface area contributed by atoms with E-state index in [2.05, 4.69) is 38.7 Å². The lowest BCUT2D eigenvalue weighted by Crippen LogP contribution is -3.13. The van der Waals surface area contributed by atoms with Crippen LogP contribution in [-0.4, -0.2) is 43.9 Å². The van der Waals surface area contributed by atoms with Crippen LogP contribution in [0.15, 0.2) is 29.1 Å². The van der Waals surface area contributed by atoms with Crippen molar-refractivity contribution in [2.75, 3.05) is 6.61 Å². The third kappa shape index (κ3) is 4.55. The van der Waals surface area contributed by atoms with E-state index < -0.39 is 0 Å². The minimum absolute atomic E-state index is 0.00699. The zero-order chi connectivity index (χ0) is 21.2. The number of rotatable bonds is 7. The van der Waals surface area contributed by atoms with Crippen LogP contribution in [-0.2, 0) is 24.4 Å². The van der Waals surface area contributed by atoms with Crippen LogP contribution in [0.2, 0.25) is 0 Å². The zero-order valence-electron chi connectivity index (χ0n) is 18.1. The monoisotopic (exact) mass is 423 g/mol. The first-order valence-electron chi connectivity index (χ1n) is 11.5. The van der Waals surface area contributed by atoms with Crippen molar-refractivity contribution >= 4 is 10.9 Å². The second-order valence-corrected chi connectivity index (χ2v) is 9.12. The van der Waals surface area contributed by atoms with Gasteiger partial charge in [0.25, 0.3) is 5.56 Å². The molecule has 164 valence electrons. The van der Waals surface area contributed by atoms with Crippen LogP contribution in [0.5, 0.6) is 0 Å². The van der Waals surface area contributed by atoms with Crippen molar-refractivity contribution in [3.05, 3.63) is 51.6 Å². The van der Waals surface area contributed by atoms with Crippen LogP contribution in [0.4, 0.5) is 0 Å². The maximum absolute atomic E-state index is 12.9. The van der Waals surface area contributed by atoms with Crippen molar-refractivity contribution in [2.45, 2.75) is 77.2 Å². The van der Waals surface area contributed by atoms with E-state index in [0.717, 1.165) is 53.8 Å². The number of quaternary nitrogens is 1. The number of nitrogens with zero attached hydrogens (tertiary/aromatic N) is 4. The molecule has 2 atom stereocenters. The number of aromatic amines is 1. The second kappa shape index (κ2) is 8.88. The predicted molar refractivity (Wildman–Crippen MR) is 117 cm³/mol. The van der Waals surface area contributed by atoms with E-state index in [1.165, 1.54) is 30.6 Å². The summed E-state index contributed by atoms with van der Waals surface area (Å²) in [6.07, 6.45) is 7.24. The normalized spacial score (nSPS) is 20.6. The molecule has 0 bridgehead atoms. The molecule has 1 aliphatic carbocycles. The van der Waals surface area contributed by atoms with Crippen LogP contribution >= 0.6 is 0 Å². The lowest BCUT2D eigenvalue weighted by Gasteiger charge is -2.25. The van der Waals surface area contributed by atoms with E-state index in [0.29, 0.717) is 19.1 Å². The minimum Gasteiger partial charge on any atom is -0.376 e. The van der Waals surface area contributed by atoms with Gasteiger partial charge in [0.15, 0.2) is 0 Å². The third-order valence-electron chi connectivity index (χ3n) is 6.82. The lowest BCUT2D eigenvalue weighted by molar-refractivity contribution is -0.952. The molecule has 0 spiro atoms. The summed E-state index contributed by atoms with van der Waals surface area (Å²) in [5.41, 5.74) is 2.88. The average Bonchev–Trinajstić information content (AvgIpc) is 3.52. The molecule has 8 nitrogen and oxygen atoms in total. The van der Waals surface area contributed by atoms with Gasteiger partial charge in [-0.15, -0.1) is 5.10 Å². The molecule has 2 aromatic heterocycles. The highest BCUT2D eigenvalue weighted by molar-refractivity contribution is 5.79. The first-order chi connectivity index (χ1) is 15.2. The summed E-state index contributed by atoms with van der Waals surface area (Å²) in [5.74, 6) is 0.880. The molecule has 3 aromatic rings. The maximum Gasteiger partial charge on any atom is 0.257 e. The van der Waals surface area contributed by atoms with Crippen molar-refractivity contribution in [1.82, 2.24) is 25.2 Å². The molecule has 1 unspecified atom stereocenters. The number of pyridine rings is 1. The number of tetrazole rings is 1. The Kier molecular flexibility index (Phi) is 5.82. The number of fused-ring (bicyclic) bond motifs is 1. The highest BCUT2D eigenvalue weighted by atomic mass is 16.5. The Labute approximate surface area is 181 Å². The zero-order valence-corrected chi connectivity index (χ0v) is 18.1. The highest BCUT2D eigenvalue weighted by Gasteiger charge is 2.29. The molecule has 2 aliphatic rings. The number of hydrogen-bond donors (Lipinski definition) is 2. The van der Waals surface area contributed by atoms with Gasteiger partial charge in [0.2, 0.25) is 5.82 Å². The number of hydrogen-bond acceptors (Lipinski definition) is 5. The van der Waals surface area contributed by atoms with E-state index in [1.54, 1.807) is 0 Å². The number of aromatic nitrogens is 5. The molecule has 2 N–H and O–H groups in total. The van der Waals surface area contributed by atoms with Crippen molar-refractivity contribution in [2.24, 2.45) is 0 Å². The Hall–Kier alpha value is -2.58. The third-order valence-corrected chi connectivity index (χ3v) is 6.82. The fourth-order valence-electron chi connectivity index (χ4n) is 5.10. The van der Waals surface area contributed by atoms with Crippen molar-refractivity contribution in [1.29, 1.82) is 0 Å². The largest absolute Gasteiger partial charge is 0.376 e. The van der Waals surface area contributed by atoms with E-state index in [-0.39, 0.29) is 11.7 Å². The van der Waals surface area contributed by atoms with Gasteiger partial charge in [-0.1, -0.05) is 12.1 Å². The summed E-state index contributed by atoms with van der Waals surface area (Å²) in [7, 11) is 0. The molecule has 31 heavy (non-hydrogen) atoms. The van der Waals surface area contributed by atoms with Gasteiger partial charge in [-0.2, -0.15) is 0 Å². The number of H-pyrrole nitrogens is 1. The van der Waals surface area contributed by atoms with Crippen LogP contribution < -0.4 is 10.5 Å². The summed E-state index contributed by atoms with van der Waals surface area (Å²) >= 11 is 0. The van der Waals surface area contributed by atoms with E-state index in [4.69, 9.17) is 4.74 Å². The van der Waals surface area contributed by atoms with Gasteiger partial charge in [0.1, 0.15) is 13.1 Å². The first kappa shape index (κ1) is 20.3. The van der Waals surface area contributed by atoms with E-state index >= 15 is 0 Å². The van der Waals surface area contributed by atoms with Crippen LogP contribution in [0.3, 0.4) is 0 Å².